The maximum atomic E-state index is 13.1. The zero-order valence-corrected chi connectivity index (χ0v) is 16.3. The fraction of sp³-hybridized carbons (Fsp3) is 0.217. The number of methoxy groups -OCH3 is 1. The molecule has 3 heterocycles. The van der Waals surface area contributed by atoms with Crippen molar-refractivity contribution < 1.29 is 9.53 Å². The first-order valence-corrected chi connectivity index (χ1v) is 9.34. The van der Waals surface area contributed by atoms with E-state index in [2.05, 4.69) is 16.0 Å². The molecule has 1 aliphatic heterocycles. The highest BCUT2D eigenvalue weighted by Crippen LogP contribution is 2.37. The monoisotopic (exact) mass is 384 g/mol. The third kappa shape index (κ3) is 3.43. The van der Waals surface area contributed by atoms with Crippen LogP contribution in [0, 0.1) is 18.3 Å². The molecule has 3 aromatic rings. The summed E-state index contributed by atoms with van der Waals surface area (Å²) in [7, 11) is 1.63. The maximum Gasteiger partial charge on any atom is 0.256 e. The van der Waals surface area contributed by atoms with E-state index in [1.54, 1.807) is 25.7 Å². The van der Waals surface area contributed by atoms with Crippen molar-refractivity contribution >= 4 is 5.91 Å². The van der Waals surface area contributed by atoms with Gasteiger partial charge in [0.05, 0.1) is 18.7 Å². The van der Waals surface area contributed by atoms with E-state index in [9.17, 15) is 10.1 Å². The van der Waals surface area contributed by atoms with Crippen LogP contribution in [-0.4, -0.2) is 27.9 Å². The largest absolute Gasteiger partial charge is 0.497 e. The summed E-state index contributed by atoms with van der Waals surface area (Å²) in [6, 6.07) is 13.5. The lowest BCUT2D eigenvalue weighted by Gasteiger charge is -2.26. The van der Waals surface area contributed by atoms with E-state index in [1.165, 1.54) is 0 Å². The van der Waals surface area contributed by atoms with E-state index in [4.69, 9.17) is 4.74 Å². The third-order valence-corrected chi connectivity index (χ3v) is 5.39. The molecular formula is C23H20N4O2. The molecule has 144 valence electrons. The van der Waals surface area contributed by atoms with Crippen LogP contribution in [0.25, 0.3) is 0 Å². The van der Waals surface area contributed by atoms with Crippen molar-refractivity contribution in [2.45, 2.75) is 25.9 Å². The van der Waals surface area contributed by atoms with Gasteiger partial charge in [-0.25, -0.2) is 4.98 Å². The first-order valence-electron chi connectivity index (χ1n) is 9.34. The molecule has 0 aliphatic carbocycles. The minimum Gasteiger partial charge on any atom is -0.497 e. The predicted octanol–water partition coefficient (Wildman–Crippen LogP) is 3.61. The van der Waals surface area contributed by atoms with Crippen molar-refractivity contribution in [3.8, 4) is 11.8 Å². The number of nitriles is 1. The average molecular weight is 384 g/mol. The molecule has 0 saturated carbocycles. The van der Waals surface area contributed by atoms with Gasteiger partial charge in [-0.15, -0.1) is 0 Å². The van der Waals surface area contributed by atoms with Crippen LogP contribution in [0.5, 0.6) is 5.75 Å². The summed E-state index contributed by atoms with van der Waals surface area (Å²) in [4.78, 5) is 23.3. The SMILES string of the molecule is COc1ccc(CN2C(=O)c3cnccc3C2Cc2c(C)ccnc2C#N)cc1. The highest BCUT2D eigenvalue weighted by molar-refractivity contribution is 5.98. The molecule has 0 radical (unpaired) electrons. The van der Waals surface area contributed by atoms with E-state index in [0.717, 1.165) is 28.0 Å². The van der Waals surface area contributed by atoms with E-state index >= 15 is 0 Å². The first-order chi connectivity index (χ1) is 14.1. The molecule has 6 heteroatoms. The van der Waals surface area contributed by atoms with Crippen LogP contribution in [0.3, 0.4) is 0 Å². The molecule has 1 atom stereocenters. The van der Waals surface area contributed by atoms with Gasteiger partial charge >= 0.3 is 0 Å². The molecule has 1 amide bonds. The number of aryl methyl sites for hydroxylation is 1. The second-order valence-corrected chi connectivity index (χ2v) is 7.03. The number of aromatic nitrogens is 2. The fourth-order valence-corrected chi connectivity index (χ4v) is 3.80. The molecule has 0 bridgehead atoms. The molecule has 6 nitrogen and oxygen atoms in total. The van der Waals surface area contributed by atoms with Crippen LogP contribution in [0.1, 0.15) is 44.3 Å². The van der Waals surface area contributed by atoms with Crippen molar-refractivity contribution in [3.63, 3.8) is 0 Å². The van der Waals surface area contributed by atoms with Gasteiger partial charge in [0.25, 0.3) is 5.91 Å². The molecule has 2 aromatic heterocycles. The van der Waals surface area contributed by atoms with Crippen LogP contribution in [0.15, 0.2) is 55.0 Å². The lowest BCUT2D eigenvalue weighted by atomic mass is 9.95. The minimum absolute atomic E-state index is 0.0473. The Bertz CT molecular complexity index is 1100. The van der Waals surface area contributed by atoms with Crippen LogP contribution >= 0.6 is 0 Å². The Balaban J connectivity index is 1.72. The number of benzene rings is 1. The zero-order chi connectivity index (χ0) is 20.4. The number of ether oxygens (including phenoxy) is 1. The Morgan fingerprint density at radius 2 is 1.97 bits per heavy atom. The van der Waals surface area contributed by atoms with E-state index in [0.29, 0.717) is 24.2 Å². The molecule has 0 saturated heterocycles. The van der Waals surface area contributed by atoms with Crippen molar-refractivity contribution in [1.29, 1.82) is 5.26 Å². The van der Waals surface area contributed by atoms with Crippen LogP contribution in [0.4, 0.5) is 0 Å². The summed E-state index contributed by atoms with van der Waals surface area (Å²) in [6.45, 7) is 2.43. The Hall–Kier alpha value is -3.72. The summed E-state index contributed by atoms with van der Waals surface area (Å²) >= 11 is 0. The molecule has 1 aliphatic rings. The molecule has 0 N–H and O–H groups in total. The lowest BCUT2D eigenvalue weighted by Crippen LogP contribution is -2.29. The van der Waals surface area contributed by atoms with Gasteiger partial charge in [0.1, 0.15) is 17.5 Å². The second kappa shape index (κ2) is 7.72. The molecule has 0 spiro atoms. The number of hydrogen-bond donors (Lipinski definition) is 0. The second-order valence-electron chi connectivity index (χ2n) is 7.03. The van der Waals surface area contributed by atoms with Crippen molar-refractivity contribution in [3.05, 3.63) is 88.5 Å². The van der Waals surface area contributed by atoms with E-state index in [-0.39, 0.29) is 11.9 Å². The van der Waals surface area contributed by atoms with Crippen molar-refractivity contribution in [2.24, 2.45) is 0 Å². The summed E-state index contributed by atoms with van der Waals surface area (Å²) in [5.74, 6) is 0.726. The molecule has 1 aromatic carbocycles. The lowest BCUT2D eigenvalue weighted by molar-refractivity contribution is 0.0709. The zero-order valence-electron chi connectivity index (χ0n) is 16.3. The predicted molar refractivity (Wildman–Crippen MR) is 107 cm³/mol. The molecular weight excluding hydrogens is 364 g/mol. The molecule has 29 heavy (non-hydrogen) atoms. The molecule has 4 rings (SSSR count). The first kappa shape index (κ1) is 18.6. The van der Waals surface area contributed by atoms with Crippen LogP contribution in [-0.2, 0) is 13.0 Å². The number of amides is 1. The third-order valence-electron chi connectivity index (χ3n) is 5.39. The van der Waals surface area contributed by atoms with Gasteiger partial charge in [0.2, 0.25) is 0 Å². The van der Waals surface area contributed by atoms with E-state index < -0.39 is 0 Å². The van der Waals surface area contributed by atoms with Gasteiger partial charge in [-0.05, 0) is 53.4 Å². The summed E-state index contributed by atoms with van der Waals surface area (Å²) in [5, 5.41) is 9.50. The Morgan fingerprint density at radius 1 is 1.17 bits per heavy atom. The van der Waals surface area contributed by atoms with Gasteiger partial charge in [-0.2, -0.15) is 5.26 Å². The fourth-order valence-electron chi connectivity index (χ4n) is 3.80. The van der Waals surface area contributed by atoms with Gasteiger partial charge in [-0.1, -0.05) is 12.1 Å². The Labute approximate surface area is 169 Å². The van der Waals surface area contributed by atoms with Crippen LogP contribution < -0.4 is 4.74 Å². The smallest absolute Gasteiger partial charge is 0.256 e. The summed E-state index contributed by atoms with van der Waals surface area (Å²) < 4.78 is 5.22. The number of carbonyl (C=O) groups is 1. The standard InChI is InChI=1S/C23H20N4O2/c1-15-7-10-26-21(12-24)19(15)11-22-18-8-9-25-13-20(18)23(28)27(22)14-16-3-5-17(29-2)6-4-16/h3-10,13,22H,11,14H2,1-2H3. The number of fused-ring (bicyclic) bond motifs is 1. The number of carbonyl (C=O) groups excluding carboxylic acids is 1. The van der Waals surface area contributed by atoms with Crippen molar-refractivity contribution in [2.75, 3.05) is 7.11 Å². The normalized spacial score (nSPS) is 15.1. The summed E-state index contributed by atoms with van der Waals surface area (Å²) in [6.07, 6.45) is 5.50. The number of pyridine rings is 2. The highest BCUT2D eigenvalue weighted by atomic mass is 16.5. The van der Waals surface area contributed by atoms with Gasteiger partial charge < -0.3 is 9.64 Å². The topological polar surface area (TPSA) is 79.1 Å². The number of nitrogens with zero attached hydrogens (tertiary/aromatic N) is 4. The molecule has 0 fully saturated rings. The number of hydrogen-bond acceptors (Lipinski definition) is 5. The van der Waals surface area contributed by atoms with E-state index in [1.807, 2.05) is 48.2 Å². The van der Waals surface area contributed by atoms with Gasteiger partial charge in [0.15, 0.2) is 0 Å². The summed E-state index contributed by atoms with van der Waals surface area (Å²) in [5.41, 5.74) is 4.84. The average Bonchev–Trinajstić information content (AvgIpc) is 3.01. The van der Waals surface area contributed by atoms with Gasteiger partial charge in [0, 0.05) is 31.6 Å². The van der Waals surface area contributed by atoms with Crippen molar-refractivity contribution in [1.82, 2.24) is 14.9 Å². The van der Waals surface area contributed by atoms with Gasteiger partial charge in [-0.3, -0.25) is 9.78 Å². The minimum atomic E-state index is -0.183. The Kier molecular flexibility index (Phi) is 4.96. The quantitative estimate of drug-likeness (QED) is 0.671. The maximum absolute atomic E-state index is 13.1. The highest BCUT2D eigenvalue weighted by Gasteiger charge is 2.37. The Morgan fingerprint density at radius 3 is 2.69 bits per heavy atom. The van der Waals surface area contributed by atoms with Crippen LogP contribution in [0.2, 0.25) is 0 Å². The molecule has 1 unspecified atom stereocenters. The number of rotatable bonds is 5.